The first-order chi connectivity index (χ1) is 5.92. The largest absolute Gasteiger partial charge is 0.313 e. The first kappa shape index (κ1) is 11.0. The molecule has 1 N–H and O–H groups in total. The summed E-state index contributed by atoms with van der Waals surface area (Å²) < 4.78 is 0. The Labute approximate surface area is 96.9 Å². The standard InChI is InChI=1S/C11H15N.HI/c1-12-11-8-4-6-9-5-2-3-7-10(9)11;/h2-3,5,7,11-12H,4,6,8H2,1H3;1H. The van der Waals surface area contributed by atoms with Crippen molar-refractivity contribution in [3.63, 3.8) is 0 Å². The zero-order valence-electron chi connectivity index (χ0n) is 7.92. The molecule has 2 heteroatoms. The van der Waals surface area contributed by atoms with Crippen LogP contribution in [0.1, 0.15) is 30.0 Å². The van der Waals surface area contributed by atoms with Crippen molar-refractivity contribution in [2.24, 2.45) is 0 Å². The Morgan fingerprint density at radius 2 is 2.08 bits per heavy atom. The van der Waals surface area contributed by atoms with Gasteiger partial charge in [-0.1, -0.05) is 24.3 Å². The van der Waals surface area contributed by atoms with Crippen molar-refractivity contribution < 1.29 is 0 Å². The Balaban J connectivity index is 0.000000845. The van der Waals surface area contributed by atoms with E-state index in [0.29, 0.717) is 6.04 Å². The van der Waals surface area contributed by atoms with Crippen molar-refractivity contribution in [1.29, 1.82) is 0 Å². The minimum atomic E-state index is 0. The highest BCUT2D eigenvalue weighted by Crippen LogP contribution is 2.28. The molecule has 0 radical (unpaired) electrons. The Kier molecular flexibility index (Phi) is 4.19. The van der Waals surface area contributed by atoms with E-state index < -0.39 is 0 Å². The predicted octanol–water partition coefficient (Wildman–Crippen LogP) is 2.90. The minimum absolute atomic E-state index is 0. The van der Waals surface area contributed by atoms with E-state index in [2.05, 4.69) is 29.6 Å². The summed E-state index contributed by atoms with van der Waals surface area (Å²) in [7, 11) is 2.05. The Morgan fingerprint density at radius 3 is 2.85 bits per heavy atom. The van der Waals surface area contributed by atoms with E-state index in [-0.39, 0.29) is 24.0 Å². The second kappa shape index (κ2) is 4.96. The van der Waals surface area contributed by atoms with Gasteiger partial charge in [0.2, 0.25) is 0 Å². The van der Waals surface area contributed by atoms with Crippen molar-refractivity contribution in [3.05, 3.63) is 35.4 Å². The fourth-order valence-corrected chi connectivity index (χ4v) is 2.05. The van der Waals surface area contributed by atoms with E-state index in [0.717, 1.165) is 0 Å². The maximum absolute atomic E-state index is 3.36. The minimum Gasteiger partial charge on any atom is -0.313 e. The van der Waals surface area contributed by atoms with E-state index in [4.69, 9.17) is 0 Å². The van der Waals surface area contributed by atoms with Crippen LogP contribution < -0.4 is 5.32 Å². The molecule has 1 nitrogen and oxygen atoms in total. The number of halogens is 1. The van der Waals surface area contributed by atoms with E-state index in [1.807, 2.05) is 7.05 Å². The average Bonchev–Trinajstić information content (AvgIpc) is 2.17. The van der Waals surface area contributed by atoms with E-state index in [1.165, 1.54) is 30.4 Å². The monoisotopic (exact) mass is 289 g/mol. The van der Waals surface area contributed by atoms with Crippen molar-refractivity contribution >= 4 is 24.0 Å². The number of hydrogen-bond donors (Lipinski definition) is 1. The first-order valence-corrected chi connectivity index (χ1v) is 4.67. The molecule has 2 rings (SSSR count). The molecule has 1 aliphatic rings. The van der Waals surface area contributed by atoms with Gasteiger partial charge in [-0.05, 0) is 37.4 Å². The zero-order chi connectivity index (χ0) is 8.39. The molecule has 0 heterocycles. The van der Waals surface area contributed by atoms with Crippen molar-refractivity contribution in [1.82, 2.24) is 5.32 Å². The molecule has 0 aromatic heterocycles. The van der Waals surface area contributed by atoms with Crippen LogP contribution in [0, 0.1) is 0 Å². The lowest BCUT2D eigenvalue weighted by Crippen LogP contribution is -2.21. The number of fused-ring (bicyclic) bond motifs is 1. The van der Waals surface area contributed by atoms with Crippen LogP contribution in [0.2, 0.25) is 0 Å². The molecule has 1 atom stereocenters. The Morgan fingerprint density at radius 1 is 1.31 bits per heavy atom. The van der Waals surface area contributed by atoms with Crippen LogP contribution in [-0.2, 0) is 6.42 Å². The van der Waals surface area contributed by atoms with Gasteiger partial charge in [-0.25, -0.2) is 0 Å². The van der Waals surface area contributed by atoms with Crippen LogP contribution in [0.3, 0.4) is 0 Å². The Hall–Kier alpha value is -0.0900. The summed E-state index contributed by atoms with van der Waals surface area (Å²) in [6.45, 7) is 0. The smallest absolute Gasteiger partial charge is 0.0320 e. The fourth-order valence-electron chi connectivity index (χ4n) is 2.05. The third kappa shape index (κ3) is 2.23. The summed E-state index contributed by atoms with van der Waals surface area (Å²) in [5.41, 5.74) is 3.04. The maximum Gasteiger partial charge on any atom is 0.0320 e. The van der Waals surface area contributed by atoms with Gasteiger partial charge in [0.15, 0.2) is 0 Å². The SMILES string of the molecule is CNC1CCCc2ccccc21.I. The van der Waals surface area contributed by atoms with Gasteiger partial charge in [-0.3, -0.25) is 0 Å². The number of nitrogens with one attached hydrogen (secondary N) is 1. The fraction of sp³-hybridized carbons (Fsp3) is 0.455. The predicted molar refractivity (Wildman–Crippen MR) is 66.6 cm³/mol. The second-order valence-electron chi connectivity index (χ2n) is 3.43. The highest BCUT2D eigenvalue weighted by Gasteiger charge is 2.16. The number of benzene rings is 1. The molecule has 1 aromatic carbocycles. The molecule has 0 bridgehead atoms. The normalized spacial score (nSPS) is 20.2. The molecular weight excluding hydrogens is 273 g/mol. The summed E-state index contributed by atoms with van der Waals surface area (Å²) in [5, 5.41) is 3.36. The molecular formula is C11H16IN. The summed E-state index contributed by atoms with van der Waals surface area (Å²) in [6.07, 6.45) is 3.87. The molecule has 13 heavy (non-hydrogen) atoms. The summed E-state index contributed by atoms with van der Waals surface area (Å²) in [4.78, 5) is 0. The summed E-state index contributed by atoms with van der Waals surface area (Å²) in [5.74, 6) is 0. The third-order valence-corrected chi connectivity index (χ3v) is 2.72. The van der Waals surface area contributed by atoms with Crippen LogP contribution >= 0.6 is 24.0 Å². The number of rotatable bonds is 1. The topological polar surface area (TPSA) is 12.0 Å². The Bertz CT molecular complexity index is 273. The lowest BCUT2D eigenvalue weighted by Gasteiger charge is -2.24. The van der Waals surface area contributed by atoms with Gasteiger partial charge < -0.3 is 5.32 Å². The lowest BCUT2D eigenvalue weighted by atomic mass is 9.88. The second-order valence-corrected chi connectivity index (χ2v) is 3.43. The van der Waals surface area contributed by atoms with Crippen molar-refractivity contribution in [2.45, 2.75) is 25.3 Å². The van der Waals surface area contributed by atoms with Gasteiger partial charge in [-0.2, -0.15) is 0 Å². The number of aryl methyl sites for hydroxylation is 1. The maximum atomic E-state index is 3.36. The molecule has 0 fully saturated rings. The molecule has 0 saturated heterocycles. The molecule has 0 amide bonds. The van der Waals surface area contributed by atoms with Crippen LogP contribution in [0.25, 0.3) is 0 Å². The van der Waals surface area contributed by atoms with Gasteiger partial charge in [0.05, 0.1) is 0 Å². The molecule has 0 spiro atoms. The van der Waals surface area contributed by atoms with Crippen LogP contribution in [0.4, 0.5) is 0 Å². The summed E-state index contributed by atoms with van der Waals surface area (Å²) in [6, 6.07) is 9.36. The molecule has 0 aliphatic heterocycles. The molecule has 72 valence electrons. The summed E-state index contributed by atoms with van der Waals surface area (Å²) >= 11 is 0. The molecule has 1 aromatic rings. The van der Waals surface area contributed by atoms with Gasteiger partial charge >= 0.3 is 0 Å². The lowest BCUT2D eigenvalue weighted by molar-refractivity contribution is 0.496. The average molecular weight is 289 g/mol. The van der Waals surface area contributed by atoms with Crippen LogP contribution in [0.15, 0.2) is 24.3 Å². The van der Waals surface area contributed by atoms with E-state index in [9.17, 15) is 0 Å². The van der Waals surface area contributed by atoms with Gasteiger partial charge in [0, 0.05) is 6.04 Å². The highest BCUT2D eigenvalue weighted by molar-refractivity contribution is 14.0. The zero-order valence-corrected chi connectivity index (χ0v) is 10.2. The van der Waals surface area contributed by atoms with Gasteiger partial charge in [0.1, 0.15) is 0 Å². The van der Waals surface area contributed by atoms with Gasteiger partial charge in [0.25, 0.3) is 0 Å². The van der Waals surface area contributed by atoms with E-state index in [1.54, 1.807) is 0 Å². The number of hydrogen-bond acceptors (Lipinski definition) is 1. The molecule has 1 aliphatic carbocycles. The first-order valence-electron chi connectivity index (χ1n) is 4.67. The van der Waals surface area contributed by atoms with Gasteiger partial charge in [-0.15, -0.1) is 24.0 Å². The van der Waals surface area contributed by atoms with Crippen LogP contribution in [-0.4, -0.2) is 7.05 Å². The molecule has 1 unspecified atom stereocenters. The van der Waals surface area contributed by atoms with Crippen molar-refractivity contribution in [3.8, 4) is 0 Å². The van der Waals surface area contributed by atoms with Crippen molar-refractivity contribution in [2.75, 3.05) is 7.05 Å². The third-order valence-electron chi connectivity index (χ3n) is 2.72. The quantitative estimate of drug-likeness (QED) is 0.784. The molecule has 0 saturated carbocycles. The van der Waals surface area contributed by atoms with Crippen LogP contribution in [0.5, 0.6) is 0 Å². The van der Waals surface area contributed by atoms with E-state index >= 15 is 0 Å². The highest BCUT2D eigenvalue weighted by atomic mass is 127.